The lowest BCUT2D eigenvalue weighted by atomic mass is 10.1. The summed E-state index contributed by atoms with van der Waals surface area (Å²) < 4.78 is 6.22. The van der Waals surface area contributed by atoms with Crippen LogP contribution in [0.5, 0.6) is 0 Å². The Morgan fingerprint density at radius 3 is 1.68 bits per heavy atom. The van der Waals surface area contributed by atoms with E-state index in [-0.39, 0.29) is 18.4 Å². The number of nitrogens with zero attached hydrogens (tertiary/aromatic N) is 1. The first kappa shape index (κ1) is 20.8. The van der Waals surface area contributed by atoms with E-state index >= 15 is 0 Å². The highest BCUT2D eigenvalue weighted by Crippen LogP contribution is 2.24. The van der Waals surface area contributed by atoms with E-state index in [1.807, 2.05) is 0 Å². The first-order valence-electron chi connectivity index (χ1n) is 6.86. The van der Waals surface area contributed by atoms with Crippen molar-refractivity contribution in [3.8, 4) is 0 Å². The molecule has 0 aliphatic heterocycles. The van der Waals surface area contributed by atoms with E-state index in [2.05, 4.69) is 48.1 Å². The van der Waals surface area contributed by atoms with Crippen molar-refractivity contribution in [1.82, 2.24) is 0 Å². The molecule has 0 heterocycles. The zero-order valence-electron chi connectivity index (χ0n) is 13.5. The number of rotatable bonds is 7. The Labute approximate surface area is 125 Å². The number of carbonyl (C=O) groups excluding carboxylic acids is 1. The molecule has 3 nitrogen and oxygen atoms in total. The molecular formula is C15H30ClNO2. The van der Waals surface area contributed by atoms with Crippen LogP contribution in [0.4, 0.5) is 0 Å². The summed E-state index contributed by atoms with van der Waals surface area (Å²) in [6, 6.07) is 1.52. The second-order valence-corrected chi connectivity index (χ2v) is 5.92. The van der Waals surface area contributed by atoms with Crippen LogP contribution in [-0.4, -0.2) is 41.7 Å². The number of hydrogen-bond acceptors (Lipinski definition) is 2. The molecule has 0 amide bonds. The standard InChI is InChI=1S/C15H30NO2.ClH/c1-11(2)15(17)18-10-9-16(12(3)4,13(5)6)14(7)8;/h12-14H,1,9-10H2,2-8H3;1H/q+1;/p-1. The van der Waals surface area contributed by atoms with Gasteiger partial charge in [-0.2, -0.15) is 0 Å². The van der Waals surface area contributed by atoms with Crippen molar-refractivity contribution in [1.29, 1.82) is 0 Å². The first-order valence-corrected chi connectivity index (χ1v) is 6.86. The normalized spacial score (nSPS) is 11.7. The molecule has 0 saturated heterocycles. The van der Waals surface area contributed by atoms with Crippen molar-refractivity contribution in [3.05, 3.63) is 12.2 Å². The third-order valence-corrected chi connectivity index (χ3v) is 3.94. The minimum absolute atomic E-state index is 0. The van der Waals surface area contributed by atoms with Gasteiger partial charge in [-0.25, -0.2) is 4.79 Å². The molecule has 0 rings (SSSR count). The van der Waals surface area contributed by atoms with Crippen LogP contribution in [0, 0.1) is 0 Å². The van der Waals surface area contributed by atoms with E-state index < -0.39 is 0 Å². The van der Waals surface area contributed by atoms with E-state index in [1.165, 1.54) is 0 Å². The van der Waals surface area contributed by atoms with Gasteiger partial charge in [0, 0.05) is 5.57 Å². The molecular weight excluding hydrogens is 262 g/mol. The van der Waals surface area contributed by atoms with Gasteiger partial charge in [0.2, 0.25) is 0 Å². The van der Waals surface area contributed by atoms with Gasteiger partial charge < -0.3 is 21.6 Å². The summed E-state index contributed by atoms with van der Waals surface area (Å²) in [5, 5.41) is 0. The molecule has 4 heteroatoms. The monoisotopic (exact) mass is 291 g/mol. The van der Waals surface area contributed by atoms with Crippen molar-refractivity contribution in [3.63, 3.8) is 0 Å². The van der Waals surface area contributed by atoms with Crippen LogP contribution < -0.4 is 12.4 Å². The molecule has 0 atom stereocenters. The fourth-order valence-electron chi connectivity index (χ4n) is 2.98. The zero-order valence-corrected chi connectivity index (χ0v) is 14.3. The van der Waals surface area contributed by atoms with Gasteiger partial charge in [-0.15, -0.1) is 0 Å². The van der Waals surface area contributed by atoms with Crippen LogP contribution in [0.25, 0.3) is 0 Å². The summed E-state index contributed by atoms with van der Waals surface area (Å²) in [7, 11) is 0. The molecule has 0 bridgehead atoms. The highest BCUT2D eigenvalue weighted by molar-refractivity contribution is 5.86. The molecule has 0 spiro atoms. The molecule has 114 valence electrons. The van der Waals surface area contributed by atoms with Gasteiger partial charge in [-0.3, -0.25) is 0 Å². The molecule has 0 aromatic rings. The van der Waals surface area contributed by atoms with Crippen LogP contribution in [-0.2, 0) is 9.53 Å². The second kappa shape index (κ2) is 8.60. The maximum atomic E-state index is 11.4. The van der Waals surface area contributed by atoms with Crippen LogP contribution in [0.15, 0.2) is 12.2 Å². The van der Waals surface area contributed by atoms with E-state index in [0.717, 1.165) is 11.0 Å². The zero-order chi connectivity index (χ0) is 14.5. The van der Waals surface area contributed by atoms with Crippen LogP contribution in [0.3, 0.4) is 0 Å². The quantitative estimate of drug-likeness (QED) is 0.379. The second-order valence-electron chi connectivity index (χ2n) is 5.92. The lowest BCUT2D eigenvalue weighted by Crippen LogP contribution is -3.00. The summed E-state index contributed by atoms with van der Waals surface area (Å²) in [5.41, 5.74) is 0.465. The summed E-state index contributed by atoms with van der Waals surface area (Å²) in [4.78, 5) is 11.4. The summed E-state index contributed by atoms with van der Waals surface area (Å²) in [6.07, 6.45) is 0. The Morgan fingerprint density at radius 1 is 1.05 bits per heavy atom. The average Bonchev–Trinajstić information content (AvgIpc) is 2.21. The fraction of sp³-hybridized carbons (Fsp3) is 0.800. The van der Waals surface area contributed by atoms with Gasteiger partial charge in [0.05, 0.1) is 18.1 Å². The number of hydrogen-bond donors (Lipinski definition) is 0. The molecule has 19 heavy (non-hydrogen) atoms. The number of quaternary nitrogens is 1. The summed E-state index contributed by atoms with van der Waals surface area (Å²) >= 11 is 0. The van der Waals surface area contributed by atoms with Gasteiger partial charge >= 0.3 is 5.97 Å². The number of carbonyl (C=O) groups is 1. The van der Waals surface area contributed by atoms with Crippen molar-refractivity contribution in [2.24, 2.45) is 0 Å². The van der Waals surface area contributed by atoms with Crippen molar-refractivity contribution < 1.29 is 26.4 Å². The lowest BCUT2D eigenvalue weighted by Gasteiger charge is -2.49. The predicted octanol–water partition coefficient (Wildman–Crippen LogP) is 0.152. The molecule has 0 aromatic carbocycles. The average molecular weight is 292 g/mol. The van der Waals surface area contributed by atoms with Gasteiger partial charge in [-0.1, -0.05) is 6.58 Å². The molecule has 0 aliphatic carbocycles. The van der Waals surface area contributed by atoms with Gasteiger partial charge in [0.15, 0.2) is 0 Å². The smallest absolute Gasteiger partial charge is 0.333 e. The molecule has 0 saturated carbocycles. The largest absolute Gasteiger partial charge is 1.00 e. The van der Waals surface area contributed by atoms with Gasteiger partial charge in [-0.05, 0) is 48.5 Å². The Balaban J connectivity index is 0. The number of ether oxygens (including phenoxy) is 1. The molecule has 0 N–H and O–H groups in total. The topological polar surface area (TPSA) is 26.3 Å². The number of halogens is 1. The van der Waals surface area contributed by atoms with Gasteiger partial charge in [0.1, 0.15) is 13.2 Å². The minimum Gasteiger partial charge on any atom is -1.00 e. The Morgan fingerprint density at radius 2 is 1.42 bits per heavy atom. The van der Waals surface area contributed by atoms with Crippen LogP contribution >= 0.6 is 0 Å². The summed E-state index contributed by atoms with van der Waals surface area (Å²) in [5.74, 6) is -0.288. The molecule has 0 fully saturated rings. The highest BCUT2D eigenvalue weighted by atomic mass is 35.5. The lowest BCUT2D eigenvalue weighted by molar-refractivity contribution is -0.985. The third kappa shape index (κ3) is 5.15. The maximum Gasteiger partial charge on any atom is 0.333 e. The Hall–Kier alpha value is -0.540. The van der Waals surface area contributed by atoms with Crippen molar-refractivity contribution in [2.75, 3.05) is 13.2 Å². The Kier molecular flexibility index (Phi) is 9.40. The van der Waals surface area contributed by atoms with Crippen LogP contribution in [0.2, 0.25) is 0 Å². The predicted molar refractivity (Wildman–Crippen MR) is 76.3 cm³/mol. The molecule has 0 aromatic heterocycles. The van der Waals surface area contributed by atoms with E-state index in [4.69, 9.17) is 4.74 Å². The highest BCUT2D eigenvalue weighted by Gasteiger charge is 2.37. The molecule has 0 radical (unpaired) electrons. The van der Waals surface area contributed by atoms with Crippen molar-refractivity contribution in [2.45, 2.75) is 66.6 Å². The van der Waals surface area contributed by atoms with Crippen LogP contribution in [0.1, 0.15) is 48.5 Å². The molecule has 0 aliphatic rings. The van der Waals surface area contributed by atoms with Crippen molar-refractivity contribution >= 4 is 5.97 Å². The number of esters is 1. The fourth-order valence-corrected chi connectivity index (χ4v) is 2.98. The van der Waals surface area contributed by atoms with E-state index in [0.29, 0.717) is 30.3 Å². The van der Waals surface area contributed by atoms with E-state index in [9.17, 15) is 4.79 Å². The summed E-state index contributed by atoms with van der Waals surface area (Å²) in [6.45, 7) is 20.0. The first-order chi connectivity index (χ1) is 8.16. The third-order valence-electron chi connectivity index (χ3n) is 3.94. The minimum atomic E-state index is -0.288. The van der Waals surface area contributed by atoms with Gasteiger partial charge in [0.25, 0.3) is 0 Å². The Bertz CT molecular complexity index is 277. The van der Waals surface area contributed by atoms with E-state index in [1.54, 1.807) is 6.92 Å². The molecule has 0 unspecified atom stereocenters. The SMILES string of the molecule is C=C(C)C(=O)OCC[N+](C(C)C)(C(C)C)C(C)C.[Cl-]. The maximum absolute atomic E-state index is 11.4.